The smallest absolute Gasteiger partial charge is 0.173 e. The number of pyridine rings is 1. The molecule has 29 heavy (non-hydrogen) atoms. The van der Waals surface area contributed by atoms with Crippen LogP contribution in [0.3, 0.4) is 0 Å². The summed E-state index contributed by atoms with van der Waals surface area (Å²) in [6, 6.07) is 25.5. The third-order valence-corrected chi connectivity index (χ3v) is 4.23. The van der Waals surface area contributed by atoms with E-state index in [1.165, 1.54) is 18.3 Å². The van der Waals surface area contributed by atoms with E-state index >= 15 is 0 Å². The van der Waals surface area contributed by atoms with Crippen LogP contribution in [-0.4, -0.2) is 27.2 Å². The molecule has 6 heteroatoms. The van der Waals surface area contributed by atoms with E-state index in [9.17, 15) is 10.2 Å². The number of aliphatic imine (C=N–C) groups is 1. The molecule has 1 aromatic heterocycles. The zero-order valence-electron chi connectivity index (χ0n) is 15.4. The second-order valence-corrected chi connectivity index (χ2v) is 6.30. The van der Waals surface area contributed by atoms with E-state index in [2.05, 4.69) is 20.5 Å². The van der Waals surface area contributed by atoms with Crippen LogP contribution in [0.15, 0.2) is 95.0 Å². The Morgan fingerprint density at radius 3 is 2.48 bits per heavy atom. The van der Waals surface area contributed by atoms with Crippen LogP contribution < -0.4 is 5.43 Å². The van der Waals surface area contributed by atoms with Crippen molar-refractivity contribution >= 4 is 28.6 Å². The van der Waals surface area contributed by atoms with Crippen LogP contribution in [0, 0.1) is 0 Å². The van der Waals surface area contributed by atoms with Crippen LogP contribution in [0.25, 0.3) is 10.9 Å². The number of phenolic OH excluding ortho intramolecular Hbond substituents is 2. The van der Waals surface area contributed by atoms with Crippen molar-refractivity contribution in [2.24, 2.45) is 10.1 Å². The molecule has 1 heterocycles. The minimum Gasteiger partial charge on any atom is -0.508 e. The van der Waals surface area contributed by atoms with Crippen molar-refractivity contribution in [3.8, 4) is 11.5 Å². The maximum atomic E-state index is 9.91. The lowest BCUT2D eigenvalue weighted by Crippen LogP contribution is -2.20. The van der Waals surface area contributed by atoms with E-state index in [-0.39, 0.29) is 11.5 Å². The average molecular weight is 382 g/mol. The van der Waals surface area contributed by atoms with Gasteiger partial charge in [0.15, 0.2) is 5.84 Å². The first-order valence-electron chi connectivity index (χ1n) is 9.00. The van der Waals surface area contributed by atoms with Crippen molar-refractivity contribution in [2.45, 2.75) is 0 Å². The van der Waals surface area contributed by atoms with Gasteiger partial charge in [-0.2, -0.15) is 5.10 Å². The van der Waals surface area contributed by atoms with Crippen molar-refractivity contribution in [2.75, 3.05) is 0 Å². The van der Waals surface area contributed by atoms with E-state index in [0.29, 0.717) is 17.1 Å². The number of phenols is 2. The molecule has 0 radical (unpaired) electrons. The molecular formula is C23H18N4O2. The van der Waals surface area contributed by atoms with Gasteiger partial charge in [0.2, 0.25) is 0 Å². The Morgan fingerprint density at radius 2 is 1.66 bits per heavy atom. The summed E-state index contributed by atoms with van der Waals surface area (Å²) in [5.41, 5.74) is 5.63. The number of aromatic hydroxyl groups is 2. The first kappa shape index (κ1) is 18.2. The molecule has 0 aliphatic rings. The highest BCUT2D eigenvalue weighted by Crippen LogP contribution is 2.21. The number of hydrogen-bond donors (Lipinski definition) is 3. The molecule has 0 atom stereocenters. The van der Waals surface area contributed by atoms with Gasteiger partial charge in [0.1, 0.15) is 17.2 Å². The molecule has 3 aromatic carbocycles. The summed E-state index contributed by atoms with van der Waals surface area (Å²) >= 11 is 0. The first-order valence-corrected chi connectivity index (χ1v) is 9.00. The number of hydrazone groups is 1. The standard InChI is InChI=1S/C23H18N4O2/c28-19-12-10-17(22(29)14-19)15-24-27-23(25-18-7-2-1-3-8-18)21-13-11-16-6-4-5-9-20(16)26-21/h1-15,28-29H,(H,25,27)/b24-15+. The topological polar surface area (TPSA) is 90.1 Å². The summed E-state index contributed by atoms with van der Waals surface area (Å²) in [6.45, 7) is 0. The highest BCUT2D eigenvalue weighted by molar-refractivity contribution is 6.00. The van der Waals surface area contributed by atoms with Crippen LogP contribution in [0.4, 0.5) is 5.69 Å². The summed E-state index contributed by atoms with van der Waals surface area (Å²) in [4.78, 5) is 9.31. The highest BCUT2D eigenvalue weighted by atomic mass is 16.3. The van der Waals surface area contributed by atoms with Gasteiger partial charge in [0, 0.05) is 17.0 Å². The fourth-order valence-electron chi connectivity index (χ4n) is 2.77. The highest BCUT2D eigenvalue weighted by Gasteiger charge is 2.07. The predicted molar refractivity (Wildman–Crippen MR) is 115 cm³/mol. The van der Waals surface area contributed by atoms with Gasteiger partial charge in [-0.25, -0.2) is 9.98 Å². The Balaban J connectivity index is 1.68. The number of nitrogens with one attached hydrogen (secondary N) is 1. The number of hydrogen-bond acceptors (Lipinski definition) is 5. The second kappa shape index (κ2) is 8.22. The van der Waals surface area contributed by atoms with Crippen molar-refractivity contribution in [3.63, 3.8) is 0 Å². The quantitative estimate of drug-likeness (QED) is 0.278. The molecule has 0 unspecified atom stereocenters. The van der Waals surface area contributed by atoms with Crippen LogP contribution in [0.2, 0.25) is 0 Å². The lowest BCUT2D eigenvalue weighted by Gasteiger charge is -2.07. The maximum absolute atomic E-state index is 9.91. The number of amidine groups is 1. The minimum atomic E-state index is -0.0686. The van der Waals surface area contributed by atoms with Gasteiger partial charge < -0.3 is 10.2 Å². The molecule has 4 rings (SSSR count). The number of rotatable bonds is 4. The van der Waals surface area contributed by atoms with Crippen LogP contribution in [0.1, 0.15) is 11.3 Å². The molecule has 0 saturated carbocycles. The average Bonchev–Trinajstić information content (AvgIpc) is 2.75. The number of para-hydroxylation sites is 2. The van der Waals surface area contributed by atoms with Gasteiger partial charge in [0.25, 0.3) is 0 Å². The Kier molecular flexibility index (Phi) is 5.16. The lowest BCUT2D eigenvalue weighted by atomic mass is 10.2. The Labute approximate surface area is 167 Å². The van der Waals surface area contributed by atoms with Gasteiger partial charge in [-0.3, -0.25) is 5.43 Å². The summed E-state index contributed by atoms with van der Waals surface area (Å²) in [5.74, 6) is 0.386. The molecule has 0 fully saturated rings. The largest absolute Gasteiger partial charge is 0.508 e. The molecule has 3 N–H and O–H groups in total. The Hall–Kier alpha value is -4.19. The van der Waals surface area contributed by atoms with Crippen molar-refractivity contribution in [1.29, 1.82) is 0 Å². The number of aromatic nitrogens is 1. The SMILES string of the molecule is Oc1ccc(/C=N/NC(=Nc2ccccc2)c2ccc3ccccc3n2)c(O)c1. The lowest BCUT2D eigenvalue weighted by molar-refractivity contribution is 0.450. The number of nitrogens with zero attached hydrogens (tertiary/aromatic N) is 3. The fourth-order valence-corrected chi connectivity index (χ4v) is 2.77. The van der Waals surface area contributed by atoms with Crippen molar-refractivity contribution in [3.05, 3.63) is 96.2 Å². The molecule has 0 saturated heterocycles. The van der Waals surface area contributed by atoms with Crippen molar-refractivity contribution < 1.29 is 10.2 Å². The molecule has 142 valence electrons. The summed E-state index contributed by atoms with van der Waals surface area (Å²) in [5, 5.41) is 24.5. The maximum Gasteiger partial charge on any atom is 0.173 e. The fraction of sp³-hybridized carbons (Fsp3) is 0. The van der Waals surface area contributed by atoms with Crippen LogP contribution in [0.5, 0.6) is 11.5 Å². The van der Waals surface area contributed by atoms with Crippen LogP contribution in [-0.2, 0) is 0 Å². The second-order valence-electron chi connectivity index (χ2n) is 6.30. The summed E-state index contributed by atoms with van der Waals surface area (Å²) in [7, 11) is 0. The van der Waals surface area contributed by atoms with Gasteiger partial charge in [-0.05, 0) is 36.4 Å². The monoisotopic (exact) mass is 382 g/mol. The predicted octanol–water partition coefficient (Wildman–Crippen LogP) is 4.35. The number of fused-ring (bicyclic) bond motifs is 1. The van der Waals surface area contributed by atoms with Gasteiger partial charge >= 0.3 is 0 Å². The van der Waals surface area contributed by atoms with Gasteiger partial charge in [0.05, 0.1) is 17.4 Å². The summed E-state index contributed by atoms with van der Waals surface area (Å²) < 4.78 is 0. The Bertz CT molecular complexity index is 1200. The molecule has 0 spiro atoms. The molecule has 4 aromatic rings. The molecule has 0 aliphatic carbocycles. The van der Waals surface area contributed by atoms with E-state index in [1.54, 1.807) is 6.07 Å². The normalized spacial score (nSPS) is 11.8. The molecular weight excluding hydrogens is 364 g/mol. The van der Waals surface area contributed by atoms with E-state index in [4.69, 9.17) is 0 Å². The minimum absolute atomic E-state index is 0.0145. The first-order chi connectivity index (χ1) is 14.2. The van der Waals surface area contributed by atoms with Crippen molar-refractivity contribution in [1.82, 2.24) is 10.4 Å². The van der Waals surface area contributed by atoms with E-state index in [1.807, 2.05) is 66.7 Å². The third-order valence-electron chi connectivity index (χ3n) is 4.23. The van der Waals surface area contributed by atoms with E-state index in [0.717, 1.165) is 16.6 Å². The third kappa shape index (κ3) is 4.39. The van der Waals surface area contributed by atoms with Gasteiger partial charge in [-0.1, -0.05) is 42.5 Å². The Morgan fingerprint density at radius 1 is 0.862 bits per heavy atom. The zero-order chi connectivity index (χ0) is 20.1. The number of benzene rings is 3. The summed E-state index contributed by atoms with van der Waals surface area (Å²) in [6.07, 6.45) is 1.45. The zero-order valence-corrected chi connectivity index (χ0v) is 15.4. The van der Waals surface area contributed by atoms with Crippen LogP contribution >= 0.6 is 0 Å². The van der Waals surface area contributed by atoms with E-state index < -0.39 is 0 Å². The molecule has 0 bridgehead atoms. The molecule has 6 nitrogen and oxygen atoms in total. The molecule has 0 amide bonds. The van der Waals surface area contributed by atoms with Gasteiger partial charge in [-0.15, -0.1) is 0 Å². The molecule has 0 aliphatic heterocycles.